The number of carbonyl (C=O) groups is 2. The molecule has 0 saturated heterocycles. The molecule has 0 saturated carbocycles. The van der Waals surface area contributed by atoms with E-state index < -0.39 is 62.4 Å². The highest BCUT2D eigenvalue weighted by Gasteiger charge is 2.33. The molecule has 10 nitrogen and oxygen atoms in total. The molecular formula is C16H21I3N2O8. The third kappa shape index (κ3) is 6.09. The molecule has 0 radical (unpaired) electrons. The Morgan fingerprint density at radius 1 is 0.828 bits per heavy atom. The van der Waals surface area contributed by atoms with Crippen LogP contribution < -0.4 is 11.1 Å². The second-order valence-electron chi connectivity index (χ2n) is 6.02. The molecule has 0 aliphatic carbocycles. The molecule has 2 amide bonds. The lowest BCUT2D eigenvalue weighted by molar-refractivity contribution is 0.0388. The number of aliphatic hydroxyl groups excluding tert-OH is 6. The van der Waals surface area contributed by atoms with Crippen LogP contribution in [-0.2, 0) is 0 Å². The molecular weight excluding hydrogens is 729 g/mol. The van der Waals surface area contributed by atoms with E-state index in [2.05, 4.69) is 5.32 Å². The maximum Gasteiger partial charge on any atom is 0.253 e. The van der Waals surface area contributed by atoms with Crippen molar-refractivity contribution in [2.24, 2.45) is 5.73 Å². The fourth-order valence-corrected chi connectivity index (χ4v) is 7.58. The number of hydrogen-bond acceptors (Lipinski definition) is 8. The number of halogens is 3. The van der Waals surface area contributed by atoms with Crippen molar-refractivity contribution in [3.05, 3.63) is 27.4 Å². The summed E-state index contributed by atoms with van der Waals surface area (Å²) in [4.78, 5) is 25.0. The molecule has 164 valence electrons. The molecule has 0 heterocycles. The first kappa shape index (κ1) is 27.1. The highest BCUT2D eigenvalue weighted by molar-refractivity contribution is 14.1. The topological polar surface area (TPSA) is 194 Å². The van der Waals surface area contributed by atoms with Crippen molar-refractivity contribution < 1.29 is 40.2 Å². The van der Waals surface area contributed by atoms with Gasteiger partial charge in [0.2, 0.25) is 0 Å². The lowest BCUT2D eigenvalue weighted by Gasteiger charge is -2.27. The summed E-state index contributed by atoms with van der Waals surface area (Å²) in [5, 5.41) is 59.7. The zero-order valence-electron chi connectivity index (χ0n) is 14.8. The van der Waals surface area contributed by atoms with Crippen molar-refractivity contribution >= 4 is 79.6 Å². The summed E-state index contributed by atoms with van der Waals surface area (Å²) < 4.78 is 0.817. The van der Waals surface area contributed by atoms with Crippen LogP contribution in [0, 0.1) is 10.7 Å². The first-order valence-electron chi connectivity index (χ1n) is 8.17. The SMILES string of the molecule is NC(=O)c1c(I)c(C(=O)NC(CO)C(O)CO)c(I)c(C(CO)C(O)CO)c1I. The summed E-state index contributed by atoms with van der Waals surface area (Å²) in [6.45, 7) is -2.58. The van der Waals surface area contributed by atoms with Gasteiger partial charge >= 0.3 is 0 Å². The van der Waals surface area contributed by atoms with Crippen LogP contribution in [0.2, 0.25) is 0 Å². The first-order chi connectivity index (χ1) is 13.6. The van der Waals surface area contributed by atoms with Gasteiger partial charge < -0.3 is 41.7 Å². The second kappa shape index (κ2) is 12.2. The van der Waals surface area contributed by atoms with Gasteiger partial charge in [-0.25, -0.2) is 0 Å². The van der Waals surface area contributed by atoms with Gasteiger partial charge in [-0.1, -0.05) is 0 Å². The van der Waals surface area contributed by atoms with Crippen LogP contribution in [0.5, 0.6) is 0 Å². The first-order valence-corrected chi connectivity index (χ1v) is 11.4. The van der Waals surface area contributed by atoms with Gasteiger partial charge in [0.15, 0.2) is 0 Å². The monoisotopic (exact) mass is 750 g/mol. The van der Waals surface area contributed by atoms with Gasteiger partial charge in [-0.15, -0.1) is 0 Å². The lowest BCUT2D eigenvalue weighted by atomic mass is 9.91. The highest BCUT2D eigenvalue weighted by Crippen LogP contribution is 2.37. The normalized spacial score (nSPS) is 15.5. The van der Waals surface area contributed by atoms with E-state index in [-0.39, 0.29) is 20.3 Å². The summed E-state index contributed by atoms with van der Waals surface area (Å²) in [5.41, 5.74) is 5.73. The molecule has 4 unspecified atom stereocenters. The Balaban J connectivity index is 3.70. The van der Waals surface area contributed by atoms with Crippen molar-refractivity contribution in [3.63, 3.8) is 0 Å². The average Bonchev–Trinajstić information content (AvgIpc) is 2.67. The zero-order valence-corrected chi connectivity index (χ0v) is 21.3. The number of nitrogens with one attached hydrogen (secondary N) is 1. The molecule has 29 heavy (non-hydrogen) atoms. The van der Waals surface area contributed by atoms with Crippen LogP contribution in [0.15, 0.2) is 0 Å². The van der Waals surface area contributed by atoms with E-state index in [1.54, 1.807) is 22.6 Å². The molecule has 0 fully saturated rings. The van der Waals surface area contributed by atoms with Crippen LogP contribution in [0.3, 0.4) is 0 Å². The Labute approximate surface area is 207 Å². The fraction of sp³-hybridized carbons (Fsp3) is 0.500. The predicted octanol–water partition coefficient (Wildman–Crippen LogP) is -1.53. The average molecular weight is 750 g/mol. The summed E-state index contributed by atoms with van der Waals surface area (Å²) in [5.74, 6) is -2.60. The van der Waals surface area contributed by atoms with Gasteiger partial charge in [-0.05, 0) is 73.3 Å². The Morgan fingerprint density at radius 3 is 1.76 bits per heavy atom. The van der Waals surface area contributed by atoms with E-state index in [9.17, 15) is 35.1 Å². The fourth-order valence-electron chi connectivity index (χ4n) is 2.59. The Morgan fingerprint density at radius 2 is 1.34 bits per heavy atom. The third-order valence-corrected chi connectivity index (χ3v) is 7.53. The van der Waals surface area contributed by atoms with Gasteiger partial charge in [-0.2, -0.15) is 0 Å². The number of hydrogen-bond donors (Lipinski definition) is 8. The van der Waals surface area contributed by atoms with Gasteiger partial charge in [0, 0.05) is 16.6 Å². The van der Waals surface area contributed by atoms with Crippen LogP contribution in [0.4, 0.5) is 0 Å². The van der Waals surface area contributed by atoms with E-state index in [1.165, 1.54) is 0 Å². The van der Waals surface area contributed by atoms with Crippen LogP contribution >= 0.6 is 67.8 Å². The van der Waals surface area contributed by atoms with Crippen LogP contribution in [0.25, 0.3) is 0 Å². The predicted molar refractivity (Wildman–Crippen MR) is 127 cm³/mol. The number of primary amides is 1. The molecule has 0 aromatic heterocycles. The maximum absolute atomic E-state index is 12.9. The smallest absolute Gasteiger partial charge is 0.253 e. The van der Waals surface area contributed by atoms with Crippen molar-refractivity contribution in [3.8, 4) is 0 Å². The van der Waals surface area contributed by atoms with Crippen molar-refractivity contribution in [2.45, 2.75) is 24.2 Å². The second-order valence-corrected chi connectivity index (χ2v) is 9.26. The number of benzene rings is 1. The zero-order chi connectivity index (χ0) is 22.5. The van der Waals surface area contributed by atoms with E-state index in [4.69, 9.17) is 10.8 Å². The van der Waals surface area contributed by atoms with Crippen LogP contribution in [-0.4, -0.2) is 87.1 Å². The largest absolute Gasteiger partial charge is 0.396 e. The standard InChI is InChI=1S/C16H21I3N2O8/c17-12-9(5(1-22)7(26)3-24)13(18)11(14(19)10(12)15(20)28)16(29)21-6(2-23)8(27)4-25/h5-8,22-27H,1-4H2,(H2,20,28)(H,21,29). The minimum absolute atomic E-state index is 0.00129. The number of amides is 2. The van der Waals surface area contributed by atoms with E-state index >= 15 is 0 Å². The molecule has 0 spiro atoms. The Hall–Kier alpha value is 0.110. The molecule has 0 aliphatic rings. The summed E-state index contributed by atoms with van der Waals surface area (Å²) in [7, 11) is 0. The van der Waals surface area contributed by atoms with Gasteiger partial charge in [0.25, 0.3) is 11.8 Å². The quantitative estimate of drug-likeness (QED) is 0.132. The number of rotatable bonds is 10. The molecule has 1 aromatic rings. The van der Waals surface area contributed by atoms with Gasteiger partial charge in [-0.3, -0.25) is 9.59 Å². The molecule has 4 atom stereocenters. The molecule has 1 aromatic carbocycles. The minimum atomic E-state index is -1.42. The van der Waals surface area contributed by atoms with Crippen molar-refractivity contribution in [1.82, 2.24) is 5.32 Å². The number of nitrogens with two attached hydrogens (primary N) is 1. The Kier molecular flexibility index (Phi) is 11.4. The van der Waals surface area contributed by atoms with Gasteiger partial charge in [0.1, 0.15) is 0 Å². The summed E-state index contributed by atoms with van der Waals surface area (Å²) in [6.07, 6.45) is -2.78. The lowest BCUT2D eigenvalue weighted by Crippen LogP contribution is -2.48. The van der Waals surface area contributed by atoms with Crippen molar-refractivity contribution in [1.29, 1.82) is 0 Å². The van der Waals surface area contributed by atoms with Crippen LogP contribution in [0.1, 0.15) is 32.2 Å². The molecule has 0 aliphatic heterocycles. The maximum atomic E-state index is 12.9. The highest BCUT2D eigenvalue weighted by atomic mass is 127. The van der Waals surface area contributed by atoms with Crippen molar-refractivity contribution in [2.75, 3.05) is 26.4 Å². The molecule has 1 rings (SSSR count). The molecule has 9 N–H and O–H groups in total. The summed E-state index contributed by atoms with van der Waals surface area (Å²) >= 11 is 5.41. The summed E-state index contributed by atoms with van der Waals surface area (Å²) in [6, 6.07) is -1.17. The van der Waals surface area contributed by atoms with Gasteiger partial charge in [0.05, 0.1) is 55.8 Å². The van der Waals surface area contributed by atoms with E-state index in [0.29, 0.717) is 7.14 Å². The Bertz CT molecular complexity index is 764. The molecule has 0 bridgehead atoms. The third-order valence-electron chi connectivity index (χ3n) is 4.21. The molecule has 13 heteroatoms. The van der Waals surface area contributed by atoms with E-state index in [1.807, 2.05) is 45.2 Å². The minimum Gasteiger partial charge on any atom is -0.396 e. The van der Waals surface area contributed by atoms with E-state index in [0.717, 1.165) is 0 Å². The number of aliphatic hydroxyl groups is 6. The number of carbonyl (C=O) groups excluding carboxylic acids is 2.